The summed E-state index contributed by atoms with van der Waals surface area (Å²) < 4.78 is 40.6. The Labute approximate surface area is 131 Å². The maximum absolute atomic E-state index is 12.6. The normalized spacial score (nSPS) is 11.7. The summed E-state index contributed by atoms with van der Waals surface area (Å²) in [6.45, 7) is 4.78. The number of alkyl halides is 3. The van der Waals surface area contributed by atoms with Crippen LogP contribution in [0.4, 0.5) is 13.2 Å². The topological polar surface area (TPSA) is 64.7 Å². The Bertz CT molecular complexity index is 674. The highest BCUT2D eigenvalue weighted by Crippen LogP contribution is 2.28. The van der Waals surface area contributed by atoms with Gasteiger partial charge in [-0.2, -0.15) is 23.4 Å². The monoisotopic (exact) mass is 329 g/mol. The zero-order chi connectivity index (χ0) is 17.0. The molecule has 2 aromatic heterocycles. The first-order valence-corrected chi connectivity index (χ1v) is 7.24. The number of nitrogens with zero attached hydrogens (tertiary/aromatic N) is 4. The number of aryl methyl sites for hydroxylation is 3. The third-order valence-electron chi connectivity index (χ3n) is 3.30. The quantitative estimate of drug-likeness (QED) is 0.827. The van der Waals surface area contributed by atoms with Gasteiger partial charge in [-0.3, -0.25) is 14.2 Å². The Balaban J connectivity index is 1.81. The number of hydrogen-bond donors (Lipinski definition) is 1. The van der Waals surface area contributed by atoms with Crippen LogP contribution in [0.5, 0.6) is 0 Å². The minimum absolute atomic E-state index is 0.297. The average molecular weight is 329 g/mol. The van der Waals surface area contributed by atoms with Crippen LogP contribution in [0.1, 0.15) is 35.2 Å². The molecule has 0 bridgehead atoms. The van der Waals surface area contributed by atoms with Crippen molar-refractivity contribution >= 4 is 5.91 Å². The molecular formula is C14H18F3N5O. The molecule has 0 fully saturated rings. The van der Waals surface area contributed by atoms with Gasteiger partial charge in [-0.1, -0.05) is 0 Å². The number of rotatable bonds is 6. The van der Waals surface area contributed by atoms with Crippen LogP contribution in [-0.2, 0) is 19.3 Å². The van der Waals surface area contributed by atoms with Crippen molar-refractivity contribution in [1.82, 2.24) is 24.9 Å². The van der Waals surface area contributed by atoms with E-state index in [2.05, 4.69) is 15.5 Å². The second-order valence-electron chi connectivity index (χ2n) is 5.06. The second kappa shape index (κ2) is 6.84. The van der Waals surface area contributed by atoms with E-state index in [1.165, 1.54) is 4.68 Å². The maximum atomic E-state index is 12.6. The van der Waals surface area contributed by atoms with Crippen LogP contribution in [0.3, 0.4) is 0 Å². The average Bonchev–Trinajstić information content (AvgIpc) is 3.09. The Morgan fingerprint density at radius 3 is 2.65 bits per heavy atom. The van der Waals surface area contributed by atoms with Crippen molar-refractivity contribution in [2.45, 2.75) is 39.5 Å². The number of amides is 1. The number of nitrogens with one attached hydrogen (secondary N) is 1. The number of carbonyl (C=O) groups is 1. The lowest BCUT2D eigenvalue weighted by molar-refractivity contribution is -0.141. The Morgan fingerprint density at radius 1 is 1.35 bits per heavy atom. The van der Waals surface area contributed by atoms with Crippen LogP contribution in [0, 0.1) is 6.92 Å². The van der Waals surface area contributed by atoms with E-state index in [1.807, 2.05) is 6.92 Å². The lowest BCUT2D eigenvalue weighted by Crippen LogP contribution is -2.26. The molecule has 0 aliphatic rings. The molecule has 126 valence electrons. The Kier molecular flexibility index (Phi) is 5.07. The molecule has 0 saturated carbocycles. The van der Waals surface area contributed by atoms with Gasteiger partial charge >= 0.3 is 6.18 Å². The van der Waals surface area contributed by atoms with E-state index in [0.717, 1.165) is 6.07 Å². The molecule has 0 spiro atoms. The molecule has 9 heteroatoms. The zero-order valence-corrected chi connectivity index (χ0v) is 12.9. The summed E-state index contributed by atoms with van der Waals surface area (Å²) in [5, 5.41) is 10.3. The van der Waals surface area contributed by atoms with Crippen LogP contribution < -0.4 is 5.32 Å². The predicted octanol–water partition coefficient (Wildman–Crippen LogP) is 2.25. The smallest absolute Gasteiger partial charge is 0.351 e. The molecule has 2 rings (SSSR count). The first kappa shape index (κ1) is 17.0. The summed E-state index contributed by atoms with van der Waals surface area (Å²) in [4.78, 5) is 11.8. The lowest BCUT2D eigenvalue weighted by Gasteiger charge is -2.06. The molecule has 0 aliphatic heterocycles. The van der Waals surface area contributed by atoms with Crippen molar-refractivity contribution in [1.29, 1.82) is 0 Å². The Hall–Kier alpha value is -2.32. The fraction of sp³-hybridized carbons (Fsp3) is 0.500. The second-order valence-corrected chi connectivity index (χ2v) is 5.06. The van der Waals surface area contributed by atoms with E-state index in [-0.39, 0.29) is 5.91 Å². The van der Waals surface area contributed by atoms with Crippen LogP contribution in [0.2, 0.25) is 0 Å². The molecular weight excluding hydrogens is 311 g/mol. The first-order chi connectivity index (χ1) is 10.8. The van der Waals surface area contributed by atoms with Gasteiger partial charge in [0, 0.05) is 31.5 Å². The lowest BCUT2D eigenvalue weighted by atomic mass is 10.3. The van der Waals surface area contributed by atoms with Crippen LogP contribution >= 0.6 is 0 Å². The molecule has 0 saturated heterocycles. The van der Waals surface area contributed by atoms with Crippen LogP contribution in [-0.4, -0.2) is 32.0 Å². The third-order valence-corrected chi connectivity index (χ3v) is 3.30. The highest BCUT2D eigenvalue weighted by Gasteiger charge is 2.34. The van der Waals surface area contributed by atoms with E-state index in [1.54, 1.807) is 23.9 Å². The number of halogens is 3. The number of hydrogen-bond acceptors (Lipinski definition) is 3. The highest BCUT2D eigenvalue weighted by molar-refractivity contribution is 5.92. The van der Waals surface area contributed by atoms with Gasteiger partial charge in [-0.05, 0) is 32.4 Å². The third kappa shape index (κ3) is 4.33. The molecule has 0 aromatic carbocycles. The van der Waals surface area contributed by atoms with Gasteiger partial charge in [0.05, 0.1) is 0 Å². The Morgan fingerprint density at radius 2 is 2.09 bits per heavy atom. The maximum Gasteiger partial charge on any atom is 0.435 e. The molecule has 23 heavy (non-hydrogen) atoms. The fourth-order valence-electron chi connectivity index (χ4n) is 2.06. The summed E-state index contributed by atoms with van der Waals surface area (Å²) in [5.41, 5.74) is -0.143. The highest BCUT2D eigenvalue weighted by atomic mass is 19.4. The van der Waals surface area contributed by atoms with Crippen molar-refractivity contribution < 1.29 is 18.0 Å². The fourth-order valence-corrected chi connectivity index (χ4v) is 2.06. The summed E-state index contributed by atoms with van der Waals surface area (Å²) >= 11 is 0. The van der Waals surface area contributed by atoms with Crippen molar-refractivity contribution in [3.05, 3.63) is 35.4 Å². The minimum atomic E-state index is -4.44. The first-order valence-electron chi connectivity index (χ1n) is 7.24. The molecule has 0 aliphatic carbocycles. The summed E-state index contributed by atoms with van der Waals surface area (Å²) in [6.07, 6.45) is -2.26. The molecule has 0 atom stereocenters. The molecule has 0 radical (unpaired) electrons. The molecule has 2 aromatic rings. The summed E-state index contributed by atoms with van der Waals surface area (Å²) in [6, 6.07) is 2.63. The molecule has 0 unspecified atom stereocenters. The molecule has 6 nitrogen and oxygen atoms in total. The van der Waals surface area contributed by atoms with E-state index >= 15 is 0 Å². The molecule has 2 heterocycles. The summed E-state index contributed by atoms with van der Waals surface area (Å²) in [7, 11) is 0. The largest absolute Gasteiger partial charge is 0.435 e. The number of carbonyl (C=O) groups excluding carboxylic acids is 1. The van der Waals surface area contributed by atoms with Gasteiger partial charge in [0.15, 0.2) is 5.69 Å². The summed E-state index contributed by atoms with van der Waals surface area (Å²) in [5.74, 6) is -0.301. The van der Waals surface area contributed by atoms with Crippen molar-refractivity contribution in [3.8, 4) is 0 Å². The number of aromatic nitrogens is 4. The van der Waals surface area contributed by atoms with Gasteiger partial charge in [-0.25, -0.2) is 0 Å². The van der Waals surface area contributed by atoms with E-state index in [0.29, 0.717) is 37.4 Å². The van der Waals surface area contributed by atoms with Crippen molar-refractivity contribution in [2.24, 2.45) is 0 Å². The molecule has 1 N–H and O–H groups in total. The zero-order valence-electron chi connectivity index (χ0n) is 12.9. The van der Waals surface area contributed by atoms with E-state index < -0.39 is 11.9 Å². The van der Waals surface area contributed by atoms with Gasteiger partial charge in [0.2, 0.25) is 0 Å². The van der Waals surface area contributed by atoms with Crippen LogP contribution in [0.25, 0.3) is 0 Å². The van der Waals surface area contributed by atoms with E-state index in [4.69, 9.17) is 0 Å². The standard InChI is InChI=1S/C14H18F3N5O/c1-3-21-8-5-11(19-21)13(23)18-6-4-7-22-10(2)9-12(20-22)14(15,16)17/h5,8-9H,3-4,6-7H2,1-2H3,(H,18,23). The molecule has 1 amide bonds. The van der Waals surface area contributed by atoms with Gasteiger partial charge < -0.3 is 5.32 Å². The van der Waals surface area contributed by atoms with Crippen LogP contribution in [0.15, 0.2) is 18.3 Å². The SMILES string of the molecule is CCn1ccc(C(=O)NCCCn2nc(C(F)(F)F)cc2C)n1. The van der Waals surface area contributed by atoms with Gasteiger partial charge in [0.25, 0.3) is 5.91 Å². The van der Waals surface area contributed by atoms with E-state index in [9.17, 15) is 18.0 Å². The minimum Gasteiger partial charge on any atom is -0.351 e. The van der Waals surface area contributed by atoms with Crippen molar-refractivity contribution in [3.63, 3.8) is 0 Å². The van der Waals surface area contributed by atoms with Crippen molar-refractivity contribution in [2.75, 3.05) is 6.54 Å². The van der Waals surface area contributed by atoms with Gasteiger partial charge in [-0.15, -0.1) is 0 Å². The predicted molar refractivity (Wildman–Crippen MR) is 76.8 cm³/mol. The van der Waals surface area contributed by atoms with Gasteiger partial charge in [0.1, 0.15) is 5.69 Å².